The van der Waals surface area contributed by atoms with E-state index in [2.05, 4.69) is 46.8 Å². The van der Waals surface area contributed by atoms with Gasteiger partial charge < -0.3 is 10.6 Å². The minimum atomic E-state index is 0. The molecule has 1 aliphatic heterocycles. The molecule has 2 aromatic rings. The summed E-state index contributed by atoms with van der Waals surface area (Å²) in [6.07, 6.45) is 6.95. The predicted molar refractivity (Wildman–Crippen MR) is 113 cm³/mol. The van der Waals surface area contributed by atoms with Gasteiger partial charge in [-0.05, 0) is 73.5 Å². The molecule has 0 bridgehead atoms. The quantitative estimate of drug-likeness (QED) is 0.799. The lowest BCUT2D eigenvalue weighted by atomic mass is 9.91. The van der Waals surface area contributed by atoms with E-state index < -0.39 is 0 Å². The van der Waals surface area contributed by atoms with E-state index in [9.17, 15) is 4.79 Å². The third-order valence-corrected chi connectivity index (χ3v) is 5.89. The third-order valence-electron chi connectivity index (χ3n) is 5.89. The molecule has 146 valence electrons. The molecule has 1 aromatic carbocycles. The molecule has 1 aliphatic carbocycles. The van der Waals surface area contributed by atoms with Crippen molar-refractivity contribution in [2.75, 3.05) is 13.1 Å². The number of amides is 1. The Hall–Kier alpha value is -1.62. The van der Waals surface area contributed by atoms with Crippen LogP contribution in [0.5, 0.6) is 0 Å². The summed E-state index contributed by atoms with van der Waals surface area (Å²) in [6.45, 7) is 4.17. The summed E-state index contributed by atoms with van der Waals surface area (Å²) in [6, 6.07) is 12.5. The maximum atomic E-state index is 12.6. The van der Waals surface area contributed by atoms with E-state index >= 15 is 0 Å². The van der Waals surface area contributed by atoms with Gasteiger partial charge in [0.1, 0.15) is 0 Å². The van der Waals surface area contributed by atoms with Crippen molar-refractivity contribution in [1.82, 2.24) is 15.6 Å². The van der Waals surface area contributed by atoms with Crippen molar-refractivity contribution in [2.24, 2.45) is 11.3 Å². The Bertz CT molecular complexity index is 746. The first-order valence-corrected chi connectivity index (χ1v) is 9.19. The molecule has 2 N–H and O–H groups in total. The van der Waals surface area contributed by atoms with Crippen LogP contribution in [0.15, 0.2) is 48.8 Å². The maximum absolute atomic E-state index is 12.6. The molecule has 2 heterocycles. The van der Waals surface area contributed by atoms with Gasteiger partial charge in [-0.25, -0.2) is 0 Å². The van der Waals surface area contributed by atoms with Crippen LogP contribution >= 0.6 is 24.8 Å². The topological polar surface area (TPSA) is 54.0 Å². The van der Waals surface area contributed by atoms with Crippen LogP contribution < -0.4 is 10.6 Å². The molecule has 2 aliphatic rings. The van der Waals surface area contributed by atoms with Crippen molar-refractivity contribution < 1.29 is 4.79 Å². The lowest BCUT2D eigenvalue weighted by Gasteiger charge is -2.24. The van der Waals surface area contributed by atoms with Crippen molar-refractivity contribution in [1.29, 1.82) is 0 Å². The van der Waals surface area contributed by atoms with Crippen molar-refractivity contribution in [3.63, 3.8) is 0 Å². The molecule has 4 nitrogen and oxygen atoms in total. The molecule has 2 atom stereocenters. The zero-order chi connectivity index (χ0) is 17.3. The van der Waals surface area contributed by atoms with Gasteiger partial charge >= 0.3 is 0 Å². The van der Waals surface area contributed by atoms with Crippen LogP contribution in [0.25, 0.3) is 11.1 Å². The molecule has 1 amide bonds. The lowest BCUT2D eigenvalue weighted by Crippen LogP contribution is -2.34. The first-order chi connectivity index (χ1) is 12.2. The fraction of sp³-hybridized carbons (Fsp3) is 0.429. The maximum Gasteiger partial charge on any atom is 0.224 e. The molecule has 2 fully saturated rings. The van der Waals surface area contributed by atoms with Crippen molar-refractivity contribution in [2.45, 2.75) is 32.2 Å². The number of hydrogen-bond acceptors (Lipinski definition) is 3. The number of carbonyl (C=O) groups excluding carboxylic acids is 1. The highest BCUT2D eigenvalue weighted by atomic mass is 35.5. The summed E-state index contributed by atoms with van der Waals surface area (Å²) in [5.74, 6) is 0.445. The smallest absolute Gasteiger partial charge is 0.224 e. The molecule has 27 heavy (non-hydrogen) atoms. The number of nitrogens with one attached hydrogen (secondary N) is 2. The summed E-state index contributed by atoms with van der Waals surface area (Å²) in [7, 11) is 0. The summed E-state index contributed by atoms with van der Waals surface area (Å²) in [5, 5.41) is 6.61. The fourth-order valence-electron chi connectivity index (χ4n) is 4.10. The van der Waals surface area contributed by atoms with Crippen LogP contribution in [0, 0.1) is 11.3 Å². The van der Waals surface area contributed by atoms with Gasteiger partial charge in [0.15, 0.2) is 0 Å². The standard InChI is InChI=1S/C21H25N3O.2ClH/c1-15(24-20(25)19-14-21(19)8-12-23-13-9-21)16-2-4-17(5-3-16)18-6-10-22-11-7-18;;/h2-7,10-11,15,19,23H,8-9,12-14H2,1H3,(H,24,25);2*1H. The fourth-order valence-corrected chi connectivity index (χ4v) is 4.10. The number of pyridine rings is 1. The number of aromatic nitrogens is 1. The van der Waals surface area contributed by atoms with Crippen LogP contribution in [-0.2, 0) is 4.79 Å². The van der Waals surface area contributed by atoms with Crippen LogP contribution in [0.1, 0.15) is 37.8 Å². The third kappa shape index (κ3) is 4.63. The van der Waals surface area contributed by atoms with E-state index in [1.54, 1.807) is 12.4 Å². The van der Waals surface area contributed by atoms with Crippen LogP contribution in [-0.4, -0.2) is 24.0 Å². The van der Waals surface area contributed by atoms with Gasteiger partial charge in [0.05, 0.1) is 6.04 Å². The number of benzene rings is 1. The van der Waals surface area contributed by atoms with E-state index in [-0.39, 0.29) is 42.7 Å². The highest BCUT2D eigenvalue weighted by Crippen LogP contribution is 2.58. The zero-order valence-electron chi connectivity index (χ0n) is 15.5. The molecule has 6 heteroatoms. The van der Waals surface area contributed by atoms with Gasteiger partial charge in [-0.3, -0.25) is 9.78 Å². The molecule has 0 radical (unpaired) electrons. The Morgan fingerprint density at radius 2 is 1.67 bits per heavy atom. The number of nitrogens with zero attached hydrogens (tertiary/aromatic N) is 1. The van der Waals surface area contributed by atoms with Gasteiger partial charge in [0.2, 0.25) is 5.91 Å². The van der Waals surface area contributed by atoms with Gasteiger partial charge in [0, 0.05) is 18.3 Å². The normalized spacial score (nSPS) is 20.7. The largest absolute Gasteiger partial charge is 0.349 e. The molecule has 1 spiro atoms. The second kappa shape index (κ2) is 9.05. The van der Waals surface area contributed by atoms with Crippen molar-refractivity contribution >= 4 is 30.7 Å². The summed E-state index contributed by atoms with van der Waals surface area (Å²) >= 11 is 0. The lowest BCUT2D eigenvalue weighted by molar-refractivity contribution is -0.123. The van der Waals surface area contributed by atoms with E-state index in [4.69, 9.17) is 0 Å². The average molecular weight is 408 g/mol. The second-order valence-corrected chi connectivity index (χ2v) is 7.46. The van der Waals surface area contributed by atoms with Gasteiger partial charge in [-0.1, -0.05) is 24.3 Å². The van der Waals surface area contributed by atoms with E-state index in [0.29, 0.717) is 5.41 Å². The summed E-state index contributed by atoms with van der Waals surface area (Å²) in [4.78, 5) is 16.7. The Labute approximate surface area is 173 Å². The Morgan fingerprint density at radius 1 is 1.07 bits per heavy atom. The minimum Gasteiger partial charge on any atom is -0.349 e. The Kier molecular flexibility index (Phi) is 7.26. The molecule has 2 unspecified atom stereocenters. The molecular weight excluding hydrogens is 381 g/mol. The highest BCUT2D eigenvalue weighted by molar-refractivity contribution is 5.85. The molecule has 4 rings (SSSR count). The molecular formula is C21H27Cl2N3O. The number of carbonyl (C=O) groups is 1. The monoisotopic (exact) mass is 407 g/mol. The van der Waals surface area contributed by atoms with Crippen LogP contribution in [0.2, 0.25) is 0 Å². The summed E-state index contributed by atoms with van der Waals surface area (Å²) < 4.78 is 0. The Balaban J connectivity index is 0.00000131. The number of hydrogen-bond donors (Lipinski definition) is 2. The van der Waals surface area contributed by atoms with Crippen molar-refractivity contribution in [3.05, 3.63) is 54.4 Å². The van der Waals surface area contributed by atoms with Crippen LogP contribution in [0.4, 0.5) is 0 Å². The van der Waals surface area contributed by atoms with Crippen molar-refractivity contribution in [3.8, 4) is 11.1 Å². The molecule has 1 aromatic heterocycles. The van der Waals surface area contributed by atoms with Gasteiger partial charge in [-0.2, -0.15) is 0 Å². The second-order valence-electron chi connectivity index (χ2n) is 7.46. The minimum absolute atomic E-state index is 0. The average Bonchev–Trinajstić information content (AvgIpc) is 3.36. The molecule has 1 saturated heterocycles. The van der Waals surface area contributed by atoms with Crippen LogP contribution in [0.3, 0.4) is 0 Å². The molecule has 1 saturated carbocycles. The zero-order valence-corrected chi connectivity index (χ0v) is 17.1. The SMILES string of the molecule is CC(NC(=O)C1CC12CCNCC2)c1ccc(-c2ccncc2)cc1.Cl.Cl. The Morgan fingerprint density at radius 3 is 2.30 bits per heavy atom. The van der Waals surface area contributed by atoms with Gasteiger partial charge in [-0.15, -0.1) is 24.8 Å². The summed E-state index contributed by atoms with van der Waals surface area (Å²) in [5.41, 5.74) is 3.76. The number of rotatable bonds is 4. The van der Waals surface area contributed by atoms with Gasteiger partial charge in [0.25, 0.3) is 0 Å². The van der Waals surface area contributed by atoms with E-state index in [1.165, 1.54) is 5.56 Å². The predicted octanol–water partition coefficient (Wildman–Crippen LogP) is 4.16. The first kappa shape index (κ1) is 21.7. The van der Waals surface area contributed by atoms with E-state index in [1.807, 2.05) is 12.1 Å². The van der Waals surface area contributed by atoms with E-state index in [0.717, 1.165) is 43.5 Å². The first-order valence-electron chi connectivity index (χ1n) is 9.19. The number of halogens is 2. The highest BCUT2D eigenvalue weighted by Gasteiger charge is 2.57. The number of piperidine rings is 1.